The molecule has 3 rings (SSSR count). The topological polar surface area (TPSA) is 44.7 Å². The van der Waals surface area contributed by atoms with Crippen LogP contribution in [0.15, 0.2) is 101 Å². The molecule has 0 bridgehead atoms. The number of carbonyl (C=O) groups is 1. The summed E-state index contributed by atoms with van der Waals surface area (Å²) in [6.07, 6.45) is 8.60. The summed E-state index contributed by atoms with van der Waals surface area (Å²) in [5.74, 6) is 0.123. The lowest BCUT2D eigenvalue weighted by molar-refractivity contribution is 0.0957. The maximum absolute atomic E-state index is 14.8. The minimum Gasteiger partial charge on any atom is -0.348 e. The van der Waals surface area contributed by atoms with Crippen molar-refractivity contribution >= 4 is 29.0 Å². The molecule has 0 fully saturated rings. The van der Waals surface area contributed by atoms with Crippen molar-refractivity contribution < 1.29 is 9.18 Å². The van der Waals surface area contributed by atoms with Gasteiger partial charge in [0.05, 0.1) is 5.69 Å². The average molecular weight is 552 g/mol. The van der Waals surface area contributed by atoms with Crippen LogP contribution in [-0.2, 0) is 6.54 Å². The Hall–Kier alpha value is -3.44. The first-order chi connectivity index (χ1) is 18.8. The van der Waals surface area contributed by atoms with Gasteiger partial charge in [0.1, 0.15) is 11.7 Å². The number of hydrogen-bond donors (Lipinski definition) is 1. The van der Waals surface area contributed by atoms with E-state index < -0.39 is 0 Å². The highest BCUT2D eigenvalue weighted by Gasteiger charge is 2.20. The number of amidine groups is 1. The summed E-state index contributed by atoms with van der Waals surface area (Å²) in [6, 6.07) is 13.9. The molecule has 210 valence electrons. The number of nitrogens with one attached hydrogen (secondary N) is 1. The van der Waals surface area contributed by atoms with Crippen LogP contribution < -0.4 is 10.2 Å². The van der Waals surface area contributed by atoms with Gasteiger partial charge in [0.15, 0.2) is 0 Å². The monoisotopic (exact) mass is 551 g/mol. The van der Waals surface area contributed by atoms with Crippen LogP contribution in [0.3, 0.4) is 0 Å². The minimum absolute atomic E-state index is 0.0268. The van der Waals surface area contributed by atoms with Crippen LogP contribution in [-0.4, -0.2) is 18.3 Å². The molecular weight excluding hydrogens is 509 g/mol. The highest BCUT2D eigenvalue weighted by molar-refractivity contribution is 6.30. The fourth-order valence-corrected chi connectivity index (χ4v) is 4.05. The van der Waals surface area contributed by atoms with E-state index in [2.05, 4.69) is 18.0 Å². The lowest BCUT2D eigenvalue weighted by Crippen LogP contribution is -2.29. The maximum atomic E-state index is 14.8. The van der Waals surface area contributed by atoms with Gasteiger partial charge < -0.3 is 10.2 Å². The van der Waals surface area contributed by atoms with Crippen LogP contribution in [0.2, 0.25) is 0 Å². The van der Waals surface area contributed by atoms with Crippen molar-refractivity contribution in [3.05, 3.63) is 113 Å². The lowest BCUT2D eigenvalue weighted by Gasteiger charge is -2.27. The second kappa shape index (κ2) is 18.0. The molecule has 0 saturated heterocycles. The first kappa shape index (κ1) is 33.6. The predicted octanol–water partition coefficient (Wildman–Crippen LogP) is 9.21. The fraction of sp³-hybridized carbons (Fsp3) is 0.333. The summed E-state index contributed by atoms with van der Waals surface area (Å²) in [5.41, 5.74) is 3.61. The molecule has 1 unspecified atom stereocenters. The molecule has 39 heavy (non-hydrogen) atoms. The quantitative estimate of drug-likeness (QED) is 0.202. The van der Waals surface area contributed by atoms with Gasteiger partial charge in [-0.05, 0) is 63.1 Å². The highest BCUT2D eigenvalue weighted by atomic mass is 35.5. The van der Waals surface area contributed by atoms with E-state index in [4.69, 9.17) is 16.6 Å². The van der Waals surface area contributed by atoms with Crippen LogP contribution in [0, 0.1) is 11.7 Å². The number of halogens is 2. The predicted molar refractivity (Wildman–Crippen MR) is 167 cm³/mol. The molecule has 2 aromatic carbocycles. The van der Waals surface area contributed by atoms with E-state index >= 15 is 0 Å². The fourth-order valence-electron chi connectivity index (χ4n) is 3.78. The number of benzene rings is 2. The molecular formula is C33H43ClFN3O. The summed E-state index contributed by atoms with van der Waals surface area (Å²) in [5, 5.41) is 3.56. The number of amides is 1. The number of aliphatic imine (C=N–C) groups is 1. The van der Waals surface area contributed by atoms with Crippen LogP contribution in [0.4, 0.5) is 10.1 Å². The Morgan fingerprint density at radius 1 is 1.13 bits per heavy atom. The van der Waals surface area contributed by atoms with Gasteiger partial charge in [0.2, 0.25) is 0 Å². The molecule has 1 aliphatic rings. The molecule has 2 aromatic rings. The SMILES string of the molecule is C=C(C)CNC(=O)c1ccc(CN(C(C)=N/C(=C\C)C2CC=CC=C2Cl)c2ccccc2F)cc1.CC.CC. The van der Waals surface area contributed by atoms with E-state index in [1.807, 2.05) is 83.7 Å². The molecule has 0 saturated carbocycles. The van der Waals surface area contributed by atoms with Crippen molar-refractivity contribution in [2.75, 3.05) is 11.4 Å². The minimum atomic E-state index is -0.335. The summed E-state index contributed by atoms with van der Waals surface area (Å²) in [6.45, 7) is 18.3. The third-order valence-electron chi connectivity index (χ3n) is 5.68. The summed E-state index contributed by atoms with van der Waals surface area (Å²) >= 11 is 6.46. The average Bonchev–Trinajstić information content (AvgIpc) is 2.96. The van der Waals surface area contributed by atoms with E-state index in [0.717, 1.165) is 28.3 Å². The van der Waals surface area contributed by atoms with Gasteiger partial charge in [0.25, 0.3) is 5.91 Å². The second-order valence-corrected chi connectivity index (χ2v) is 8.95. The number of hydrogen-bond acceptors (Lipinski definition) is 2. The van der Waals surface area contributed by atoms with Gasteiger partial charge in [-0.25, -0.2) is 9.38 Å². The Morgan fingerprint density at radius 2 is 1.77 bits per heavy atom. The number of carbonyl (C=O) groups excluding carboxylic acids is 1. The Balaban J connectivity index is 0.00000181. The second-order valence-electron chi connectivity index (χ2n) is 8.51. The first-order valence-corrected chi connectivity index (χ1v) is 13.9. The zero-order valence-electron chi connectivity index (χ0n) is 24.4. The van der Waals surface area contributed by atoms with E-state index in [1.165, 1.54) is 6.07 Å². The molecule has 0 spiro atoms. The molecule has 1 N–H and O–H groups in total. The summed E-state index contributed by atoms with van der Waals surface area (Å²) in [7, 11) is 0. The van der Waals surface area contributed by atoms with Crippen LogP contribution in [0.25, 0.3) is 0 Å². The van der Waals surface area contributed by atoms with Gasteiger partial charge in [0, 0.05) is 35.3 Å². The van der Waals surface area contributed by atoms with Crippen LogP contribution in [0.1, 0.15) is 70.8 Å². The number of rotatable bonds is 8. The summed E-state index contributed by atoms with van der Waals surface area (Å²) < 4.78 is 14.8. The third kappa shape index (κ3) is 10.3. The molecule has 6 heteroatoms. The Morgan fingerprint density at radius 3 is 2.33 bits per heavy atom. The van der Waals surface area contributed by atoms with Crippen LogP contribution in [0.5, 0.6) is 0 Å². The summed E-state index contributed by atoms with van der Waals surface area (Å²) in [4.78, 5) is 19.0. The molecule has 1 atom stereocenters. The smallest absolute Gasteiger partial charge is 0.251 e. The molecule has 4 nitrogen and oxygen atoms in total. The number of anilines is 1. The molecule has 0 heterocycles. The molecule has 1 aliphatic carbocycles. The van der Waals surface area contributed by atoms with E-state index in [9.17, 15) is 9.18 Å². The van der Waals surface area contributed by atoms with Crippen molar-refractivity contribution in [3.63, 3.8) is 0 Å². The van der Waals surface area contributed by atoms with E-state index in [-0.39, 0.29) is 17.6 Å². The van der Waals surface area contributed by atoms with Crippen LogP contribution >= 0.6 is 11.6 Å². The van der Waals surface area contributed by atoms with Crippen molar-refractivity contribution in [1.29, 1.82) is 0 Å². The van der Waals surface area contributed by atoms with Gasteiger partial charge in [-0.15, -0.1) is 0 Å². The Bertz CT molecular complexity index is 1200. The first-order valence-electron chi connectivity index (χ1n) is 13.6. The maximum Gasteiger partial charge on any atom is 0.251 e. The molecule has 1 amide bonds. The highest BCUT2D eigenvalue weighted by Crippen LogP contribution is 2.32. The van der Waals surface area contributed by atoms with Crippen molar-refractivity contribution in [3.8, 4) is 0 Å². The van der Waals surface area contributed by atoms with Crippen molar-refractivity contribution in [2.24, 2.45) is 10.9 Å². The van der Waals surface area contributed by atoms with E-state index in [0.29, 0.717) is 30.2 Å². The van der Waals surface area contributed by atoms with Gasteiger partial charge in [-0.2, -0.15) is 0 Å². The van der Waals surface area contributed by atoms with E-state index in [1.54, 1.807) is 30.3 Å². The van der Waals surface area contributed by atoms with Crippen molar-refractivity contribution in [1.82, 2.24) is 5.32 Å². The zero-order chi connectivity index (χ0) is 29.4. The van der Waals surface area contributed by atoms with Gasteiger partial charge >= 0.3 is 0 Å². The zero-order valence-corrected chi connectivity index (χ0v) is 25.1. The third-order valence-corrected chi connectivity index (χ3v) is 6.07. The normalized spacial score (nSPS) is 14.7. The van der Waals surface area contributed by atoms with Gasteiger partial charge in [-0.3, -0.25) is 4.79 Å². The lowest BCUT2D eigenvalue weighted by atomic mass is 9.96. The molecule has 0 aromatic heterocycles. The molecule has 0 radical (unpaired) electrons. The number of para-hydroxylation sites is 1. The largest absolute Gasteiger partial charge is 0.348 e. The molecule has 0 aliphatic heterocycles. The number of nitrogens with zero attached hydrogens (tertiary/aromatic N) is 2. The Kier molecular flexibility index (Phi) is 15.5. The van der Waals surface area contributed by atoms with Crippen molar-refractivity contribution in [2.45, 2.75) is 61.4 Å². The van der Waals surface area contributed by atoms with Gasteiger partial charge in [-0.1, -0.05) is 93.9 Å². The number of allylic oxidation sites excluding steroid dienone is 5. The standard InChI is InChI=1S/C29H31ClFN3O.2C2H6/c1-5-27(24-10-6-7-11-25(24)30)33-21(4)34(28-13-9-8-12-26(28)31)19-22-14-16-23(17-15-22)29(35)32-18-20(2)3;2*1-2/h5-9,11-17,24H,2,10,18-19H2,1,3-4H3,(H,32,35);2*1-2H3/b27-5-,33-21?;;. The Labute approximate surface area is 239 Å².